The summed E-state index contributed by atoms with van der Waals surface area (Å²) in [5, 5.41) is 7.42. The van der Waals surface area contributed by atoms with Gasteiger partial charge < -0.3 is 14.5 Å². The van der Waals surface area contributed by atoms with Crippen molar-refractivity contribution in [3.05, 3.63) is 101 Å². The molecular weight excluding hydrogens is 426 g/mol. The van der Waals surface area contributed by atoms with E-state index in [4.69, 9.17) is 20.8 Å². The number of aryl methyl sites for hydroxylation is 1. The van der Waals surface area contributed by atoms with Gasteiger partial charge >= 0.3 is 0 Å². The zero-order valence-electron chi connectivity index (χ0n) is 17.8. The summed E-state index contributed by atoms with van der Waals surface area (Å²) in [6.45, 7) is 2.93. The molecule has 0 unspecified atom stereocenters. The van der Waals surface area contributed by atoms with Crippen molar-refractivity contribution in [2.75, 3.05) is 5.32 Å². The maximum atomic E-state index is 12.6. The van der Waals surface area contributed by atoms with E-state index in [1.165, 1.54) is 5.56 Å². The molecule has 2 aromatic heterocycles. The van der Waals surface area contributed by atoms with E-state index in [-0.39, 0.29) is 18.2 Å². The lowest BCUT2D eigenvalue weighted by Crippen LogP contribution is -2.12. The van der Waals surface area contributed by atoms with Crippen LogP contribution >= 0.6 is 11.6 Å². The summed E-state index contributed by atoms with van der Waals surface area (Å²) in [6.07, 6.45) is 3.83. The molecular formula is C25H24ClN3O3. The van der Waals surface area contributed by atoms with Crippen molar-refractivity contribution in [2.45, 2.75) is 32.9 Å². The average Bonchev–Trinajstić information content (AvgIpc) is 3.41. The number of nitrogens with zero attached hydrogens (tertiary/aromatic N) is 2. The molecule has 1 N–H and O–H groups in total. The molecule has 0 radical (unpaired) electrons. The second kappa shape index (κ2) is 10.2. The Morgan fingerprint density at radius 1 is 1.06 bits per heavy atom. The fourth-order valence-corrected chi connectivity index (χ4v) is 3.47. The average molecular weight is 450 g/mol. The number of halogens is 1. The molecule has 4 rings (SSSR count). The summed E-state index contributed by atoms with van der Waals surface area (Å²) in [5.74, 6) is 1.33. The fraction of sp³-hybridized carbons (Fsp3) is 0.200. The summed E-state index contributed by atoms with van der Waals surface area (Å²) < 4.78 is 13.1. The third-order valence-electron chi connectivity index (χ3n) is 4.86. The SMILES string of the molecule is CCCc1ccc(OCc2ccc(C(=O)Nc3nn(Cc4ccccc4)cc3Cl)o2)cc1. The number of ether oxygens (including phenoxy) is 1. The molecule has 1 amide bonds. The molecule has 0 fully saturated rings. The molecule has 7 heteroatoms. The molecule has 4 aromatic rings. The highest BCUT2D eigenvalue weighted by atomic mass is 35.5. The quantitative estimate of drug-likeness (QED) is 0.342. The normalized spacial score (nSPS) is 10.8. The van der Waals surface area contributed by atoms with E-state index in [2.05, 4.69) is 29.5 Å². The number of hydrogen-bond donors (Lipinski definition) is 1. The largest absolute Gasteiger partial charge is 0.486 e. The molecule has 0 saturated heterocycles. The lowest BCUT2D eigenvalue weighted by Gasteiger charge is -2.05. The molecule has 0 spiro atoms. The Kier molecular flexibility index (Phi) is 6.92. The molecule has 6 nitrogen and oxygen atoms in total. The second-order valence-electron chi connectivity index (χ2n) is 7.41. The van der Waals surface area contributed by atoms with Crippen molar-refractivity contribution in [1.82, 2.24) is 9.78 Å². The first-order valence-electron chi connectivity index (χ1n) is 10.5. The van der Waals surface area contributed by atoms with E-state index < -0.39 is 5.91 Å². The first kappa shape index (κ1) is 21.7. The van der Waals surface area contributed by atoms with Gasteiger partial charge in [0.25, 0.3) is 5.91 Å². The van der Waals surface area contributed by atoms with Crippen molar-refractivity contribution in [1.29, 1.82) is 0 Å². The van der Waals surface area contributed by atoms with Crippen molar-refractivity contribution in [3.63, 3.8) is 0 Å². The zero-order chi connectivity index (χ0) is 22.3. The number of hydrogen-bond acceptors (Lipinski definition) is 4. The van der Waals surface area contributed by atoms with Gasteiger partial charge in [0, 0.05) is 6.20 Å². The number of carbonyl (C=O) groups is 1. The monoisotopic (exact) mass is 449 g/mol. The summed E-state index contributed by atoms with van der Waals surface area (Å²) in [6, 6.07) is 21.2. The lowest BCUT2D eigenvalue weighted by molar-refractivity contribution is 0.0992. The van der Waals surface area contributed by atoms with Crippen LogP contribution in [0.25, 0.3) is 0 Å². The number of anilines is 1. The molecule has 0 atom stereocenters. The van der Waals surface area contributed by atoms with Crippen molar-refractivity contribution in [2.24, 2.45) is 0 Å². The highest BCUT2D eigenvalue weighted by molar-refractivity contribution is 6.33. The molecule has 164 valence electrons. The number of aromatic nitrogens is 2. The Morgan fingerprint density at radius 2 is 1.84 bits per heavy atom. The van der Waals surface area contributed by atoms with Crippen LogP contribution in [-0.4, -0.2) is 15.7 Å². The van der Waals surface area contributed by atoms with E-state index in [0.29, 0.717) is 17.3 Å². The number of nitrogens with one attached hydrogen (secondary N) is 1. The number of benzene rings is 2. The van der Waals surface area contributed by atoms with Crippen molar-refractivity contribution < 1.29 is 13.9 Å². The van der Waals surface area contributed by atoms with E-state index in [1.54, 1.807) is 23.0 Å². The fourth-order valence-electron chi connectivity index (χ4n) is 3.28. The van der Waals surface area contributed by atoms with Crippen LogP contribution in [0.15, 0.2) is 77.3 Å². The third kappa shape index (κ3) is 5.59. The summed E-state index contributed by atoms with van der Waals surface area (Å²) in [4.78, 5) is 12.6. The van der Waals surface area contributed by atoms with E-state index >= 15 is 0 Å². The predicted octanol–water partition coefficient (Wildman–Crippen LogP) is 5.96. The Bertz CT molecular complexity index is 1170. The maximum absolute atomic E-state index is 12.6. The summed E-state index contributed by atoms with van der Waals surface area (Å²) in [5.41, 5.74) is 2.36. The molecule has 0 aliphatic heterocycles. The first-order valence-corrected chi connectivity index (χ1v) is 10.9. The minimum atomic E-state index is -0.424. The standard InChI is InChI=1S/C25H24ClN3O3/c1-2-6-18-9-11-20(12-10-18)31-17-21-13-14-23(32-21)25(30)27-24-22(26)16-29(28-24)15-19-7-4-3-5-8-19/h3-5,7-14,16H,2,6,15,17H2,1H3,(H,27,28,30). The number of rotatable bonds is 9. The maximum Gasteiger partial charge on any atom is 0.292 e. The van der Waals surface area contributed by atoms with Gasteiger partial charge in [-0.15, -0.1) is 0 Å². The third-order valence-corrected chi connectivity index (χ3v) is 5.14. The van der Waals surface area contributed by atoms with Crippen LogP contribution in [0.1, 0.15) is 40.8 Å². The molecule has 0 aliphatic carbocycles. The van der Waals surface area contributed by atoms with Gasteiger partial charge in [-0.05, 0) is 41.8 Å². The van der Waals surface area contributed by atoms with Gasteiger partial charge in [0.05, 0.1) is 6.54 Å². The number of carbonyl (C=O) groups excluding carboxylic acids is 1. The molecule has 2 heterocycles. The van der Waals surface area contributed by atoms with Crippen LogP contribution in [0.4, 0.5) is 5.82 Å². The van der Waals surface area contributed by atoms with Crippen LogP contribution in [0, 0.1) is 0 Å². The Morgan fingerprint density at radius 3 is 2.59 bits per heavy atom. The van der Waals surface area contributed by atoms with Gasteiger partial charge in [0.15, 0.2) is 11.6 Å². The highest BCUT2D eigenvalue weighted by Crippen LogP contribution is 2.22. The summed E-state index contributed by atoms with van der Waals surface area (Å²) >= 11 is 6.25. The first-order chi connectivity index (χ1) is 15.6. The minimum absolute atomic E-state index is 0.163. The number of furan rings is 1. The molecule has 0 saturated carbocycles. The number of amides is 1. The van der Waals surface area contributed by atoms with Crippen LogP contribution in [0.5, 0.6) is 5.75 Å². The van der Waals surface area contributed by atoms with Gasteiger partial charge in [-0.2, -0.15) is 5.10 Å². The zero-order valence-corrected chi connectivity index (χ0v) is 18.5. The minimum Gasteiger partial charge on any atom is -0.486 e. The van der Waals surface area contributed by atoms with Crippen molar-refractivity contribution >= 4 is 23.3 Å². The summed E-state index contributed by atoms with van der Waals surface area (Å²) in [7, 11) is 0. The Balaban J connectivity index is 1.33. The van der Waals surface area contributed by atoms with E-state index in [0.717, 1.165) is 24.2 Å². The molecule has 2 aromatic carbocycles. The topological polar surface area (TPSA) is 69.3 Å². The van der Waals surface area contributed by atoms with E-state index in [1.807, 2.05) is 42.5 Å². The Hall–Kier alpha value is -3.51. The Labute approximate surface area is 191 Å². The smallest absolute Gasteiger partial charge is 0.292 e. The van der Waals surface area contributed by atoms with Crippen LogP contribution in [-0.2, 0) is 19.6 Å². The highest BCUT2D eigenvalue weighted by Gasteiger charge is 2.16. The van der Waals surface area contributed by atoms with E-state index in [9.17, 15) is 4.79 Å². The van der Waals surface area contributed by atoms with Gasteiger partial charge in [0.2, 0.25) is 0 Å². The lowest BCUT2D eigenvalue weighted by atomic mass is 10.1. The van der Waals surface area contributed by atoms with Crippen molar-refractivity contribution in [3.8, 4) is 5.75 Å². The molecule has 0 bridgehead atoms. The molecule has 32 heavy (non-hydrogen) atoms. The molecule has 0 aliphatic rings. The predicted molar refractivity (Wildman–Crippen MR) is 124 cm³/mol. The van der Waals surface area contributed by atoms with Crippen LogP contribution in [0.3, 0.4) is 0 Å². The van der Waals surface area contributed by atoms with Gasteiger partial charge in [-0.25, -0.2) is 0 Å². The van der Waals surface area contributed by atoms with Crippen LogP contribution in [0.2, 0.25) is 5.02 Å². The second-order valence-corrected chi connectivity index (χ2v) is 7.82. The van der Waals surface area contributed by atoms with Crippen LogP contribution < -0.4 is 10.1 Å². The van der Waals surface area contributed by atoms with Gasteiger partial charge in [0.1, 0.15) is 23.1 Å². The van der Waals surface area contributed by atoms with Gasteiger partial charge in [-0.3, -0.25) is 9.48 Å². The van der Waals surface area contributed by atoms with Gasteiger partial charge in [-0.1, -0.05) is 67.4 Å².